The molecule has 2 aromatic rings. The second kappa shape index (κ2) is 7.49. The van der Waals surface area contributed by atoms with Crippen molar-refractivity contribution in [1.82, 2.24) is 15.6 Å². The van der Waals surface area contributed by atoms with Crippen molar-refractivity contribution in [2.75, 3.05) is 25.0 Å². The minimum absolute atomic E-state index is 0.0501. The van der Waals surface area contributed by atoms with Crippen molar-refractivity contribution >= 4 is 22.6 Å². The fraction of sp³-hybridized carbons (Fsp3) is 0.444. The van der Waals surface area contributed by atoms with E-state index in [1.165, 1.54) is 0 Å². The van der Waals surface area contributed by atoms with Gasteiger partial charge in [-0.1, -0.05) is 19.9 Å². The molecule has 1 aromatic carbocycles. The maximum Gasteiger partial charge on any atom is 0.407 e. The number of hydrogen-bond acceptors (Lipinski definition) is 5. The number of ether oxygens (including phenoxy) is 1. The van der Waals surface area contributed by atoms with Gasteiger partial charge >= 0.3 is 6.09 Å². The van der Waals surface area contributed by atoms with Crippen molar-refractivity contribution in [3.05, 3.63) is 36.7 Å². The fourth-order valence-corrected chi connectivity index (χ4v) is 2.78. The van der Waals surface area contributed by atoms with Gasteiger partial charge in [0.05, 0.1) is 6.04 Å². The number of nitrogens with one attached hydrogen (secondary N) is 3. The molecule has 2 atom stereocenters. The molecule has 128 valence electrons. The Labute approximate surface area is 142 Å². The molecule has 0 aliphatic carbocycles. The van der Waals surface area contributed by atoms with Gasteiger partial charge in [0.1, 0.15) is 6.10 Å². The molecule has 1 amide bonds. The van der Waals surface area contributed by atoms with Gasteiger partial charge < -0.3 is 20.7 Å². The van der Waals surface area contributed by atoms with E-state index in [-0.39, 0.29) is 18.2 Å². The molecule has 1 aromatic heterocycles. The molecular formula is C18H24N4O2. The molecule has 1 aliphatic rings. The van der Waals surface area contributed by atoms with Gasteiger partial charge in [-0.3, -0.25) is 4.98 Å². The Morgan fingerprint density at radius 3 is 3.04 bits per heavy atom. The molecule has 0 saturated carbocycles. The zero-order chi connectivity index (χ0) is 16.9. The zero-order valence-corrected chi connectivity index (χ0v) is 14.1. The van der Waals surface area contributed by atoms with Crippen molar-refractivity contribution in [2.45, 2.75) is 26.0 Å². The number of nitrogens with zero attached hydrogens (tertiary/aromatic N) is 1. The third kappa shape index (κ3) is 4.14. The summed E-state index contributed by atoms with van der Waals surface area (Å²) >= 11 is 0. The highest BCUT2D eigenvalue weighted by Gasteiger charge is 2.30. The third-order valence-corrected chi connectivity index (χ3v) is 4.06. The highest BCUT2D eigenvalue weighted by molar-refractivity contribution is 5.84. The highest BCUT2D eigenvalue weighted by Crippen LogP contribution is 2.20. The van der Waals surface area contributed by atoms with Gasteiger partial charge in [0.15, 0.2) is 0 Å². The van der Waals surface area contributed by atoms with Crippen LogP contribution in [0.3, 0.4) is 0 Å². The van der Waals surface area contributed by atoms with Crippen LogP contribution in [0.5, 0.6) is 0 Å². The topological polar surface area (TPSA) is 75.3 Å². The lowest BCUT2D eigenvalue weighted by atomic mass is 10.1. The van der Waals surface area contributed by atoms with Crippen molar-refractivity contribution in [2.24, 2.45) is 5.92 Å². The summed E-state index contributed by atoms with van der Waals surface area (Å²) in [6.07, 6.45) is 3.09. The summed E-state index contributed by atoms with van der Waals surface area (Å²) in [5, 5.41) is 11.8. The van der Waals surface area contributed by atoms with E-state index in [4.69, 9.17) is 4.74 Å². The summed E-state index contributed by atoms with van der Waals surface area (Å²) in [7, 11) is 0. The molecule has 2 heterocycles. The average molecular weight is 328 g/mol. The van der Waals surface area contributed by atoms with Crippen LogP contribution >= 0.6 is 0 Å². The lowest BCUT2D eigenvalue weighted by molar-refractivity contribution is 0.102. The summed E-state index contributed by atoms with van der Waals surface area (Å²) in [4.78, 5) is 16.0. The Morgan fingerprint density at radius 2 is 2.21 bits per heavy atom. The van der Waals surface area contributed by atoms with E-state index in [1.54, 1.807) is 6.20 Å². The van der Waals surface area contributed by atoms with E-state index in [2.05, 4.69) is 40.8 Å². The third-order valence-electron chi connectivity index (χ3n) is 4.06. The van der Waals surface area contributed by atoms with Crippen LogP contribution in [-0.4, -0.2) is 42.9 Å². The number of rotatable bonds is 5. The molecule has 6 nitrogen and oxygen atoms in total. The number of hydrogen-bond donors (Lipinski definition) is 3. The minimum Gasteiger partial charge on any atom is -0.443 e. The highest BCUT2D eigenvalue weighted by atomic mass is 16.6. The molecule has 3 N–H and O–H groups in total. The standard InChI is InChI=1S/C18H24N4O2/c1-12(2)8-21-18(23)24-17-11-20-10-16(17)22-15-4-3-14-9-19-6-5-13(14)7-15/h3-7,9,12,16-17,20,22H,8,10-11H2,1-2H3,(H,21,23)/t16-,17+/m1/s1. The molecule has 6 heteroatoms. The smallest absolute Gasteiger partial charge is 0.407 e. The van der Waals surface area contributed by atoms with E-state index in [9.17, 15) is 4.79 Å². The SMILES string of the molecule is CC(C)CNC(=O)O[C@H]1CNC[C@H]1Nc1ccc2cnccc2c1. The van der Waals surface area contributed by atoms with E-state index >= 15 is 0 Å². The lowest BCUT2D eigenvalue weighted by Crippen LogP contribution is -2.39. The number of pyridine rings is 1. The number of anilines is 1. The number of aromatic nitrogens is 1. The van der Waals surface area contributed by atoms with Crippen LogP contribution in [0.25, 0.3) is 10.8 Å². The van der Waals surface area contributed by atoms with Crippen LogP contribution in [0.15, 0.2) is 36.7 Å². The second-order valence-corrected chi connectivity index (χ2v) is 6.57. The Morgan fingerprint density at radius 1 is 1.33 bits per heavy atom. The Hall–Kier alpha value is -2.34. The second-order valence-electron chi connectivity index (χ2n) is 6.57. The van der Waals surface area contributed by atoms with Crippen molar-refractivity contribution in [3.8, 4) is 0 Å². The summed E-state index contributed by atoms with van der Waals surface area (Å²) in [5.74, 6) is 0.403. The first-order valence-corrected chi connectivity index (χ1v) is 8.37. The molecule has 3 rings (SSSR count). The van der Waals surface area contributed by atoms with Gasteiger partial charge in [0.2, 0.25) is 0 Å². The van der Waals surface area contributed by atoms with Crippen LogP contribution < -0.4 is 16.0 Å². The minimum atomic E-state index is -0.353. The normalized spacial score (nSPS) is 20.3. The van der Waals surface area contributed by atoms with Crippen molar-refractivity contribution < 1.29 is 9.53 Å². The number of benzene rings is 1. The Kier molecular flexibility index (Phi) is 5.15. The number of alkyl carbamates (subject to hydrolysis) is 1. The zero-order valence-electron chi connectivity index (χ0n) is 14.1. The fourth-order valence-electron chi connectivity index (χ4n) is 2.78. The Balaban J connectivity index is 1.61. The van der Waals surface area contributed by atoms with Crippen LogP contribution in [-0.2, 0) is 4.74 Å². The number of carbonyl (C=O) groups is 1. The average Bonchev–Trinajstić information content (AvgIpc) is 2.99. The number of fused-ring (bicyclic) bond motifs is 1. The lowest BCUT2D eigenvalue weighted by Gasteiger charge is -2.22. The molecule has 1 saturated heterocycles. The van der Waals surface area contributed by atoms with E-state index in [1.807, 2.05) is 24.4 Å². The van der Waals surface area contributed by atoms with Crippen LogP contribution in [0.1, 0.15) is 13.8 Å². The van der Waals surface area contributed by atoms with Gasteiger partial charge in [-0.2, -0.15) is 0 Å². The molecule has 0 spiro atoms. The largest absolute Gasteiger partial charge is 0.443 e. The van der Waals surface area contributed by atoms with E-state index in [0.717, 1.165) is 23.0 Å². The van der Waals surface area contributed by atoms with E-state index < -0.39 is 0 Å². The quantitative estimate of drug-likeness (QED) is 0.786. The molecule has 0 unspecified atom stereocenters. The Bertz CT molecular complexity index is 704. The van der Waals surface area contributed by atoms with Crippen molar-refractivity contribution in [1.29, 1.82) is 0 Å². The first-order valence-electron chi connectivity index (χ1n) is 8.37. The summed E-state index contributed by atoms with van der Waals surface area (Å²) in [6, 6.07) is 8.19. The predicted octanol–water partition coefficient (Wildman–Crippen LogP) is 2.37. The molecule has 1 aliphatic heterocycles. The maximum absolute atomic E-state index is 11.9. The maximum atomic E-state index is 11.9. The summed E-state index contributed by atoms with van der Waals surface area (Å²) in [5.41, 5.74) is 1.01. The molecule has 0 radical (unpaired) electrons. The van der Waals surface area contributed by atoms with Gasteiger partial charge in [0, 0.05) is 43.1 Å². The van der Waals surface area contributed by atoms with E-state index in [0.29, 0.717) is 19.0 Å². The van der Waals surface area contributed by atoms with Crippen LogP contribution in [0.4, 0.5) is 10.5 Å². The van der Waals surface area contributed by atoms with Gasteiger partial charge in [-0.25, -0.2) is 4.79 Å². The molecular weight excluding hydrogens is 304 g/mol. The number of amides is 1. The molecule has 0 bridgehead atoms. The van der Waals surface area contributed by atoms with Crippen LogP contribution in [0.2, 0.25) is 0 Å². The predicted molar refractivity (Wildman–Crippen MR) is 95.1 cm³/mol. The van der Waals surface area contributed by atoms with Gasteiger partial charge in [-0.15, -0.1) is 0 Å². The van der Waals surface area contributed by atoms with Crippen molar-refractivity contribution in [3.63, 3.8) is 0 Å². The summed E-state index contributed by atoms with van der Waals surface area (Å²) in [6.45, 7) is 6.14. The first-order chi connectivity index (χ1) is 11.6. The monoisotopic (exact) mass is 328 g/mol. The van der Waals surface area contributed by atoms with Crippen LogP contribution in [0, 0.1) is 5.92 Å². The van der Waals surface area contributed by atoms with Gasteiger partial charge in [0.25, 0.3) is 0 Å². The first kappa shape index (κ1) is 16.5. The molecule has 1 fully saturated rings. The van der Waals surface area contributed by atoms with Gasteiger partial charge in [-0.05, 0) is 29.5 Å². The summed E-state index contributed by atoms with van der Waals surface area (Å²) < 4.78 is 5.55. The molecule has 24 heavy (non-hydrogen) atoms. The number of carbonyl (C=O) groups excluding carboxylic acids is 1.